The summed E-state index contributed by atoms with van der Waals surface area (Å²) in [7, 11) is 0. The van der Waals surface area contributed by atoms with Crippen LogP contribution in [0, 0.1) is 5.41 Å². The molecule has 0 bridgehead atoms. The minimum absolute atomic E-state index is 0.812. The standard InChI is InChI=1S/C6H13NS/c1-3-4-5-6(7)8-2/h7H,3-5H2,1-2H3. The summed E-state index contributed by atoms with van der Waals surface area (Å²) in [4.78, 5) is 0. The van der Waals surface area contributed by atoms with Gasteiger partial charge in [0.1, 0.15) is 0 Å². The van der Waals surface area contributed by atoms with Crippen LogP contribution in [0.1, 0.15) is 26.2 Å². The van der Waals surface area contributed by atoms with E-state index in [1.807, 2.05) is 6.26 Å². The molecule has 0 aliphatic heterocycles. The summed E-state index contributed by atoms with van der Waals surface area (Å²) in [5.41, 5.74) is 0. The van der Waals surface area contributed by atoms with Gasteiger partial charge in [-0.25, -0.2) is 0 Å². The molecule has 0 aromatic rings. The molecule has 0 saturated heterocycles. The number of hydrogen-bond acceptors (Lipinski definition) is 2. The number of unbranched alkanes of at least 4 members (excludes halogenated alkanes) is 1. The van der Waals surface area contributed by atoms with E-state index in [-0.39, 0.29) is 0 Å². The fourth-order valence-electron chi connectivity index (χ4n) is 0.439. The zero-order valence-electron chi connectivity index (χ0n) is 5.53. The van der Waals surface area contributed by atoms with Gasteiger partial charge in [-0.15, -0.1) is 11.8 Å². The van der Waals surface area contributed by atoms with Crippen LogP contribution in [0.2, 0.25) is 0 Å². The molecule has 0 spiro atoms. The second-order valence-electron chi connectivity index (χ2n) is 1.73. The molecule has 0 aromatic heterocycles. The normalized spacial score (nSPS) is 9.25. The van der Waals surface area contributed by atoms with Gasteiger partial charge in [-0.2, -0.15) is 0 Å². The summed E-state index contributed by atoms with van der Waals surface area (Å²) in [6.07, 6.45) is 5.29. The maximum atomic E-state index is 7.20. The third kappa shape index (κ3) is 4.19. The van der Waals surface area contributed by atoms with Gasteiger partial charge in [0.15, 0.2) is 0 Å². The summed E-state index contributed by atoms with van der Waals surface area (Å²) in [6.45, 7) is 2.15. The lowest BCUT2D eigenvalue weighted by atomic mass is 10.3. The highest BCUT2D eigenvalue weighted by Crippen LogP contribution is 2.03. The van der Waals surface area contributed by atoms with Crippen molar-refractivity contribution in [3.63, 3.8) is 0 Å². The van der Waals surface area contributed by atoms with Crippen LogP contribution in [0.4, 0.5) is 0 Å². The Bertz CT molecular complexity index is 70.9. The first kappa shape index (κ1) is 8.02. The molecule has 0 fully saturated rings. The average Bonchev–Trinajstić information content (AvgIpc) is 1.83. The second kappa shape index (κ2) is 5.16. The van der Waals surface area contributed by atoms with Gasteiger partial charge in [0.05, 0.1) is 5.04 Å². The first-order valence-corrected chi connectivity index (χ1v) is 4.15. The largest absolute Gasteiger partial charge is 0.298 e. The van der Waals surface area contributed by atoms with Crippen LogP contribution >= 0.6 is 11.8 Å². The van der Waals surface area contributed by atoms with E-state index in [1.54, 1.807) is 11.8 Å². The molecule has 0 unspecified atom stereocenters. The number of hydrogen-bond donors (Lipinski definition) is 1. The van der Waals surface area contributed by atoms with E-state index in [9.17, 15) is 0 Å². The van der Waals surface area contributed by atoms with Gasteiger partial charge in [-0.05, 0) is 19.1 Å². The highest BCUT2D eigenvalue weighted by molar-refractivity contribution is 8.13. The second-order valence-corrected chi connectivity index (χ2v) is 2.63. The highest BCUT2D eigenvalue weighted by Gasteiger charge is 1.89. The molecule has 0 heterocycles. The van der Waals surface area contributed by atoms with Crippen LogP contribution in [0.25, 0.3) is 0 Å². The summed E-state index contributed by atoms with van der Waals surface area (Å²) >= 11 is 1.55. The van der Waals surface area contributed by atoms with Crippen molar-refractivity contribution in [1.82, 2.24) is 0 Å². The van der Waals surface area contributed by atoms with Crippen LogP contribution in [0.15, 0.2) is 0 Å². The first-order chi connectivity index (χ1) is 3.81. The van der Waals surface area contributed by atoms with Crippen LogP contribution in [-0.4, -0.2) is 11.3 Å². The lowest BCUT2D eigenvalue weighted by Gasteiger charge is -1.94. The Morgan fingerprint density at radius 2 is 2.25 bits per heavy atom. The summed E-state index contributed by atoms with van der Waals surface area (Å²) in [5.74, 6) is 0. The van der Waals surface area contributed by atoms with Crippen LogP contribution in [0.5, 0.6) is 0 Å². The smallest absolute Gasteiger partial charge is 0.0638 e. The lowest BCUT2D eigenvalue weighted by molar-refractivity contribution is 0.838. The molecule has 0 aliphatic rings. The Morgan fingerprint density at radius 3 is 2.62 bits per heavy atom. The van der Waals surface area contributed by atoms with Gasteiger partial charge in [0.25, 0.3) is 0 Å². The molecule has 0 radical (unpaired) electrons. The minimum Gasteiger partial charge on any atom is -0.298 e. The molecular formula is C6H13NS. The number of thioether (sulfide) groups is 1. The zero-order valence-corrected chi connectivity index (χ0v) is 6.35. The topological polar surface area (TPSA) is 23.9 Å². The van der Waals surface area contributed by atoms with Gasteiger partial charge in [-0.3, -0.25) is 5.41 Å². The number of nitrogens with one attached hydrogen (secondary N) is 1. The zero-order chi connectivity index (χ0) is 6.41. The molecule has 0 aliphatic carbocycles. The van der Waals surface area contributed by atoms with E-state index in [4.69, 9.17) is 5.41 Å². The maximum absolute atomic E-state index is 7.20. The van der Waals surface area contributed by atoms with Crippen molar-refractivity contribution in [2.45, 2.75) is 26.2 Å². The third-order valence-corrected chi connectivity index (χ3v) is 1.70. The quantitative estimate of drug-likeness (QED) is 0.462. The van der Waals surface area contributed by atoms with Crippen molar-refractivity contribution in [3.8, 4) is 0 Å². The average molecular weight is 131 g/mol. The first-order valence-electron chi connectivity index (χ1n) is 2.92. The predicted molar refractivity (Wildman–Crippen MR) is 40.8 cm³/mol. The van der Waals surface area contributed by atoms with Crippen molar-refractivity contribution < 1.29 is 0 Å². The van der Waals surface area contributed by atoms with Crippen molar-refractivity contribution in [2.24, 2.45) is 0 Å². The van der Waals surface area contributed by atoms with Crippen molar-refractivity contribution >= 4 is 16.8 Å². The van der Waals surface area contributed by atoms with E-state index in [1.165, 1.54) is 12.8 Å². The van der Waals surface area contributed by atoms with E-state index in [0.29, 0.717) is 0 Å². The van der Waals surface area contributed by atoms with Gasteiger partial charge >= 0.3 is 0 Å². The minimum atomic E-state index is 0.812. The van der Waals surface area contributed by atoms with Crippen LogP contribution in [0.3, 0.4) is 0 Å². The van der Waals surface area contributed by atoms with Crippen LogP contribution in [-0.2, 0) is 0 Å². The molecule has 48 valence electrons. The Morgan fingerprint density at radius 1 is 1.62 bits per heavy atom. The Hall–Kier alpha value is 0.0200. The SMILES string of the molecule is CCCCC(=N)SC. The number of rotatable bonds is 3. The van der Waals surface area contributed by atoms with Gasteiger partial charge in [-0.1, -0.05) is 13.3 Å². The van der Waals surface area contributed by atoms with E-state index in [0.717, 1.165) is 11.5 Å². The fraction of sp³-hybridized carbons (Fsp3) is 0.833. The Balaban J connectivity index is 2.99. The molecule has 0 rings (SSSR count). The molecule has 0 atom stereocenters. The van der Waals surface area contributed by atoms with Gasteiger partial charge in [0, 0.05) is 0 Å². The third-order valence-electron chi connectivity index (χ3n) is 1.00. The summed E-state index contributed by atoms with van der Waals surface area (Å²) in [6, 6.07) is 0. The molecule has 8 heavy (non-hydrogen) atoms. The van der Waals surface area contributed by atoms with Crippen molar-refractivity contribution in [1.29, 1.82) is 5.41 Å². The predicted octanol–water partition coefficient (Wildman–Crippen LogP) is 2.52. The molecule has 0 amide bonds. The molecule has 1 nitrogen and oxygen atoms in total. The highest BCUT2D eigenvalue weighted by atomic mass is 32.2. The van der Waals surface area contributed by atoms with E-state index in [2.05, 4.69) is 6.92 Å². The Labute approximate surface area is 55.4 Å². The van der Waals surface area contributed by atoms with E-state index >= 15 is 0 Å². The monoisotopic (exact) mass is 131 g/mol. The molecule has 2 heteroatoms. The molecule has 0 saturated carbocycles. The Kier molecular flexibility index (Phi) is 5.18. The van der Waals surface area contributed by atoms with Gasteiger partial charge < -0.3 is 0 Å². The molecule has 0 aromatic carbocycles. The lowest BCUT2D eigenvalue weighted by Crippen LogP contribution is -1.86. The fourth-order valence-corrected chi connectivity index (χ4v) is 0.788. The van der Waals surface area contributed by atoms with Crippen molar-refractivity contribution in [3.05, 3.63) is 0 Å². The maximum Gasteiger partial charge on any atom is 0.0638 e. The molecule has 1 N–H and O–H groups in total. The summed E-state index contributed by atoms with van der Waals surface area (Å²) in [5, 5.41) is 8.02. The van der Waals surface area contributed by atoms with Gasteiger partial charge in [0.2, 0.25) is 0 Å². The molecular weight excluding hydrogens is 118 g/mol. The summed E-state index contributed by atoms with van der Waals surface area (Å²) < 4.78 is 0. The van der Waals surface area contributed by atoms with Crippen molar-refractivity contribution in [2.75, 3.05) is 6.26 Å². The van der Waals surface area contributed by atoms with Crippen LogP contribution < -0.4 is 0 Å². The van der Waals surface area contributed by atoms with E-state index < -0.39 is 0 Å².